The second-order valence-corrected chi connectivity index (χ2v) is 7.60. The fourth-order valence-corrected chi connectivity index (χ4v) is 4.06. The Morgan fingerprint density at radius 1 is 1.04 bits per heavy atom. The van der Waals surface area contributed by atoms with Gasteiger partial charge in [-0.05, 0) is 53.4 Å². The van der Waals surface area contributed by atoms with E-state index in [2.05, 4.69) is 0 Å². The number of rotatable bonds is 4. The van der Waals surface area contributed by atoms with Crippen molar-refractivity contribution >= 4 is 40.3 Å². The molecule has 0 bridgehead atoms. The van der Waals surface area contributed by atoms with E-state index in [1.165, 1.54) is 28.4 Å². The first-order valence-electron chi connectivity index (χ1n) is 8.37. The Balaban J connectivity index is 1.89. The topological polar surface area (TPSA) is 77.8 Å². The summed E-state index contributed by atoms with van der Waals surface area (Å²) in [6, 6.07) is 15.3. The number of hydrogen-bond acceptors (Lipinski definition) is 5. The standard InChI is InChI=1S/C21H14ClNO4S/c22-13-6-8-14(9-7-13)23-18(12-3-1-4-15(24)11-12)17(20(26)21(23)27)19(25)16-5-2-10-28-16/h1-11,18,24,26H. The lowest BCUT2D eigenvalue weighted by Crippen LogP contribution is -2.30. The van der Waals surface area contributed by atoms with Crippen molar-refractivity contribution in [1.29, 1.82) is 0 Å². The van der Waals surface area contributed by atoms with Gasteiger partial charge < -0.3 is 10.2 Å². The predicted octanol–water partition coefficient (Wildman–Crippen LogP) is 4.89. The van der Waals surface area contributed by atoms with E-state index in [-0.39, 0.29) is 11.3 Å². The van der Waals surface area contributed by atoms with Gasteiger partial charge in [0.2, 0.25) is 5.78 Å². The number of halogens is 1. The highest BCUT2D eigenvalue weighted by Crippen LogP contribution is 2.43. The Morgan fingerprint density at radius 3 is 2.43 bits per heavy atom. The number of benzene rings is 2. The van der Waals surface area contributed by atoms with Crippen molar-refractivity contribution in [2.24, 2.45) is 0 Å². The van der Waals surface area contributed by atoms with Crippen molar-refractivity contribution in [3.63, 3.8) is 0 Å². The molecule has 0 radical (unpaired) electrons. The van der Waals surface area contributed by atoms with Gasteiger partial charge in [0.1, 0.15) is 5.75 Å². The van der Waals surface area contributed by atoms with Crippen LogP contribution in [0.3, 0.4) is 0 Å². The van der Waals surface area contributed by atoms with Gasteiger partial charge in [-0.2, -0.15) is 0 Å². The maximum atomic E-state index is 13.1. The number of aromatic hydroxyl groups is 1. The first kappa shape index (κ1) is 18.3. The fraction of sp³-hybridized carbons (Fsp3) is 0.0476. The Morgan fingerprint density at radius 2 is 1.79 bits per heavy atom. The average Bonchev–Trinajstić information content (AvgIpc) is 3.30. The molecule has 0 aliphatic carbocycles. The molecule has 0 fully saturated rings. The van der Waals surface area contributed by atoms with Crippen molar-refractivity contribution in [3.05, 3.63) is 92.8 Å². The van der Waals surface area contributed by atoms with Crippen LogP contribution in [0.25, 0.3) is 0 Å². The number of carbonyl (C=O) groups excluding carboxylic acids is 2. The lowest BCUT2D eigenvalue weighted by atomic mass is 9.95. The van der Waals surface area contributed by atoms with Gasteiger partial charge in [0, 0.05) is 10.7 Å². The van der Waals surface area contributed by atoms with Gasteiger partial charge in [0.05, 0.1) is 16.5 Å². The van der Waals surface area contributed by atoms with Gasteiger partial charge in [0.25, 0.3) is 5.91 Å². The van der Waals surface area contributed by atoms with E-state index in [1.807, 2.05) is 0 Å². The molecule has 2 aromatic carbocycles. The summed E-state index contributed by atoms with van der Waals surface area (Å²) in [4.78, 5) is 27.8. The molecule has 4 rings (SSSR count). The van der Waals surface area contributed by atoms with Crippen LogP contribution in [0.15, 0.2) is 77.4 Å². The molecule has 0 saturated carbocycles. The number of phenols is 1. The van der Waals surface area contributed by atoms with Crippen molar-refractivity contribution in [2.75, 3.05) is 4.90 Å². The quantitative estimate of drug-likeness (QED) is 0.599. The highest BCUT2D eigenvalue weighted by atomic mass is 35.5. The van der Waals surface area contributed by atoms with Crippen LogP contribution in [-0.2, 0) is 4.79 Å². The smallest absolute Gasteiger partial charge is 0.294 e. The largest absolute Gasteiger partial charge is 0.508 e. The molecular formula is C21H14ClNO4S. The summed E-state index contributed by atoms with van der Waals surface area (Å²) in [7, 11) is 0. The molecule has 3 aromatic rings. The zero-order chi connectivity index (χ0) is 19.8. The molecule has 140 valence electrons. The molecular weight excluding hydrogens is 398 g/mol. The first-order valence-corrected chi connectivity index (χ1v) is 9.62. The minimum atomic E-state index is -0.879. The van der Waals surface area contributed by atoms with Crippen LogP contribution < -0.4 is 4.90 Å². The monoisotopic (exact) mass is 411 g/mol. The van der Waals surface area contributed by atoms with Crippen molar-refractivity contribution in [3.8, 4) is 5.75 Å². The number of anilines is 1. The molecule has 1 unspecified atom stereocenters. The second kappa shape index (κ2) is 7.14. The third-order valence-corrected chi connectivity index (χ3v) is 5.61. The lowest BCUT2D eigenvalue weighted by molar-refractivity contribution is -0.117. The Bertz CT molecular complexity index is 1090. The van der Waals surface area contributed by atoms with Crippen molar-refractivity contribution < 1.29 is 19.8 Å². The Hall–Kier alpha value is -3.09. The van der Waals surface area contributed by atoms with Crippen LogP contribution in [-0.4, -0.2) is 21.9 Å². The molecule has 1 aromatic heterocycles. The van der Waals surface area contributed by atoms with Gasteiger partial charge in [-0.25, -0.2) is 0 Å². The highest BCUT2D eigenvalue weighted by Gasteiger charge is 2.44. The SMILES string of the molecule is O=C(C1=C(O)C(=O)N(c2ccc(Cl)cc2)C1c1cccc(O)c1)c1cccs1. The third kappa shape index (κ3) is 3.06. The van der Waals surface area contributed by atoms with Crippen LogP contribution in [0.2, 0.25) is 5.02 Å². The van der Waals surface area contributed by atoms with Gasteiger partial charge in [-0.15, -0.1) is 11.3 Å². The number of aliphatic hydroxyl groups excluding tert-OH is 1. The summed E-state index contributed by atoms with van der Waals surface area (Å²) >= 11 is 7.18. The van der Waals surface area contributed by atoms with E-state index in [1.54, 1.807) is 53.9 Å². The maximum Gasteiger partial charge on any atom is 0.294 e. The number of nitrogens with zero attached hydrogens (tertiary/aromatic N) is 1. The molecule has 0 saturated heterocycles. The Labute approximate surface area is 169 Å². The van der Waals surface area contributed by atoms with Gasteiger partial charge >= 0.3 is 0 Å². The molecule has 28 heavy (non-hydrogen) atoms. The van der Waals surface area contributed by atoms with Crippen LogP contribution >= 0.6 is 22.9 Å². The molecule has 2 heterocycles. The van der Waals surface area contributed by atoms with Gasteiger partial charge in [0.15, 0.2) is 5.76 Å². The average molecular weight is 412 g/mol. The minimum absolute atomic E-state index is 0.00434. The number of Topliss-reactive ketones (excluding diaryl/α,β-unsaturated/α-hetero) is 1. The number of phenolic OH excluding ortho intramolecular Hbond substituents is 1. The van der Waals surface area contributed by atoms with E-state index in [4.69, 9.17) is 11.6 Å². The molecule has 7 heteroatoms. The van der Waals surface area contributed by atoms with Crippen LogP contribution in [0.5, 0.6) is 5.75 Å². The number of carbonyl (C=O) groups is 2. The van der Waals surface area contributed by atoms with Crippen LogP contribution in [0, 0.1) is 0 Å². The highest BCUT2D eigenvalue weighted by molar-refractivity contribution is 7.12. The minimum Gasteiger partial charge on any atom is -0.508 e. The molecule has 1 aliphatic heterocycles. The fourth-order valence-electron chi connectivity index (χ4n) is 3.26. The molecule has 1 amide bonds. The second-order valence-electron chi connectivity index (χ2n) is 6.22. The summed E-state index contributed by atoms with van der Waals surface area (Å²) in [5, 5.41) is 22.8. The summed E-state index contributed by atoms with van der Waals surface area (Å²) in [6.45, 7) is 0. The van der Waals surface area contributed by atoms with Crippen molar-refractivity contribution in [2.45, 2.75) is 6.04 Å². The summed E-state index contributed by atoms with van der Waals surface area (Å²) in [5.41, 5.74) is 0.962. The van der Waals surface area contributed by atoms with E-state index in [9.17, 15) is 19.8 Å². The molecule has 1 aliphatic rings. The van der Waals surface area contributed by atoms with Crippen LogP contribution in [0.4, 0.5) is 5.69 Å². The van der Waals surface area contributed by atoms with Crippen LogP contribution in [0.1, 0.15) is 21.3 Å². The normalized spacial score (nSPS) is 16.7. The number of aliphatic hydroxyl groups is 1. The molecule has 2 N–H and O–H groups in total. The Kier molecular flexibility index (Phi) is 4.66. The van der Waals surface area contributed by atoms with Crippen molar-refractivity contribution in [1.82, 2.24) is 0 Å². The third-order valence-electron chi connectivity index (χ3n) is 4.49. The van der Waals surface area contributed by atoms with E-state index >= 15 is 0 Å². The first-order chi connectivity index (χ1) is 13.5. The lowest BCUT2D eigenvalue weighted by Gasteiger charge is -2.27. The molecule has 0 spiro atoms. The number of ketones is 1. The summed E-state index contributed by atoms with van der Waals surface area (Å²) in [6.07, 6.45) is 0. The summed E-state index contributed by atoms with van der Waals surface area (Å²) < 4.78 is 0. The number of thiophene rings is 1. The van der Waals surface area contributed by atoms with E-state index in [0.29, 0.717) is 21.2 Å². The van der Waals surface area contributed by atoms with Gasteiger partial charge in [-0.3, -0.25) is 14.5 Å². The van der Waals surface area contributed by atoms with E-state index < -0.39 is 23.5 Å². The molecule has 5 nitrogen and oxygen atoms in total. The van der Waals surface area contributed by atoms with E-state index in [0.717, 1.165) is 0 Å². The summed E-state index contributed by atoms with van der Waals surface area (Å²) in [5.74, 6) is -1.71. The predicted molar refractivity (Wildman–Crippen MR) is 108 cm³/mol. The zero-order valence-electron chi connectivity index (χ0n) is 14.4. The van der Waals surface area contributed by atoms with Gasteiger partial charge in [-0.1, -0.05) is 29.8 Å². The number of amides is 1. The zero-order valence-corrected chi connectivity index (χ0v) is 15.9. The number of hydrogen-bond donors (Lipinski definition) is 2. The molecule has 1 atom stereocenters. The maximum absolute atomic E-state index is 13.1.